The van der Waals surface area contributed by atoms with Crippen LogP contribution in [0.5, 0.6) is 5.75 Å². The summed E-state index contributed by atoms with van der Waals surface area (Å²) < 4.78 is 7.30. The lowest BCUT2D eigenvalue weighted by atomic mass is 9.91. The lowest BCUT2D eigenvalue weighted by molar-refractivity contribution is -0.134. The molecule has 1 fully saturated rings. The molecule has 182 valence electrons. The second-order valence-corrected chi connectivity index (χ2v) is 9.88. The summed E-state index contributed by atoms with van der Waals surface area (Å²) in [5.74, 6) is 0.554. The summed E-state index contributed by atoms with van der Waals surface area (Å²) in [7, 11) is 1.63. The van der Waals surface area contributed by atoms with Crippen molar-refractivity contribution >= 4 is 11.8 Å². The first-order valence-electron chi connectivity index (χ1n) is 12.5. The number of hydrogen-bond donors (Lipinski definition) is 1. The molecule has 1 aliphatic heterocycles. The van der Waals surface area contributed by atoms with E-state index < -0.39 is 5.54 Å². The maximum absolute atomic E-state index is 13.9. The molecule has 5 rings (SSSR count). The molecule has 35 heavy (non-hydrogen) atoms. The Morgan fingerprint density at radius 1 is 0.971 bits per heavy atom. The molecular weight excluding hydrogens is 438 g/mol. The van der Waals surface area contributed by atoms with Gasteiger partial charge < -0.3 is 19.5 Å². The van der Waals surface area contributed by atoms with Gasteiger partial charge in [-0.05, 0) is 55.2 Å². The van der Waals surface area contributed by atoms with Crippen LogP contribution in [0.2, 0.25) is 0 Å². The van der Waals surface area contributed by atoms with Crippen LogP contribution in [0.3, 0.4) is 0 Å². The number of hydrogen-bond acceptors (Lipinski definition) is 3. The number of benzene rings is 2. The van der Waals surface area contributed by atoms with Gasteiger partial charge in [-0.2, -0.15) is 0 Å². The SMILES string of the molecule is COc1ccc(CN2C(=O)c3ccc(-c4ccccc4)n3C[C@]2(C)C(=O)NC2CCCCC2)cc1. The van der Waals surface area contributed by atoms with E-state index in [0.29, 0.717) is 18.8 Å². The summed E-state index contributed by atoms with van der Waals surface area (Å²) in [4.78, 5) is 29.5. The Kier molecular flexibility index (Phi) is 6.37. The quantitative estimate of drug-likeness (QED) is 0.549. The average Bonchev–Trinajstić information content (AvgIpc) is 3.31. The number of amides is 2. The van der Waals surface area contributed by atoms with Gasteiger partial charge in [0.25, 0.3) is 5.91 Å². The third-order valence-electron chi connectivity index (χ3n) is 7.51. The van der Waals surface area contributed by atoms with Crippen LogP contribution in [0.15, 0.2) is 66.7 Å². The van der Waals surface area contributed by atoms with Crippen LogP contribution >= 0.6 is 0 Å². The van der Waals surface area contributed by atoms with E-state index in [-0.39, 0.29) is 17.9 Å². The van der Waals surface area contributed by atoms with Crippen LogP contribution in [0.4, 0.5) is 0 Å². The van der Waals surface area contributed by atoms with E-state index in [4.69, 9.17) is 4.74 Å². The molecule has 0 bridgehead atoms. The maximum atomic E-state index is 13.9. The van der Waals surface area contributed by atoms with Gasteiger partial charge in [0.1, 0.15) is 17.0 Å². The van der Waals surface area contributed by atoms with Crippen molar-refractivity contribution in [2.75, 3.05) is 7.11 Å². The molecule has 2 amide bonds. The largest absolute Gasteiger partial charge is 0.497 e. The second kappa shape index (κ2) is 9.61. The molecule has 2 aromatic carbocycles. The van der Waals surface area contributed by atoms with Gasteiger partial charge >= 0.3 is 0 Å². The van der Waals surface area contributed by atoms with Gasteiger partial charge in [0.15, 0.2) is 0 Å². The standard InChI is InChI=1S/C29H33N3O3/c1-29(28(34)30-23-11-7-4-8-12-23)20-31-25(22-9-5-3-6-10-22)17-18-26(31)27(33)32(29)19-21-13-15-24(35-2)16-14-21/h3,5-6,9-10,13-18,23H,4,7-8,11-12,19-20H2,1-2H3,(H,30,34)/t29-/m1/s1. The van der Waals surface area contributed by atoms with E-state index in [1.165, 1.54) is 6.42 Å². The van der Waals surface area contributed by atoms with Gasteiger partial charge in [0, 0.05) is 18.3 Å². The number of fused-ring (bicyclic) bond motifs is 1. The molecular formula is C29H33N3O3. The van der Waals surface area contributed by atoms with Crippen LogP contribution in [0.25, 0.3) is 11.3 Å². The highest BCUT2D eigenvalue weighted by atomic mass is 16.5. The van der Waals surface area contributed by atoms with Crippen molar-refractivity contribution in [3.05, 3.63) is 78.0 Å². The minimum absolute atomic E-state index is 0.0791. The number of methoxy groups -OCH3 is 1. The third-order valence-corrected chi connectivity index (χ3v) is 7.51. The van der Waals surface area contributed by atoms with E-state index in [1.807, 2.05) is 78.2 Å². The number of ether oxygens (including phenoxy) is 1. The summed E-state index contributed by atoms with van der Waals surface area (Å²) in [6.45, 7) is 2.66. The highest BCUT2D eigenvalue weighted by Gasteiger charge is 2.48. The summed E-state index contributed by atoms with van der Waals surface area (Å²) in [6.07, 6.45) is 5.49. The van der Waals surface area contributed by atoms with Gasteiger partial charge in [0.05, 0.1) is 13.7 Å². The van der Waals surface area contributed by atoms with Gasteiger partial charge in [-0.25, -0.2) is 0 Å². The molecule has 0 saturated heterocycles. The number of nitrogens with zero attached hydrogens (tertiary/aromatic N) is 2. The molecule has 1 atom stereocenters. The van der Waals surface area contributed by atoms with Crippen LogP contribution in [-0.2, 0) is 17.9 Å². The van der Waals surface area contributed by atoms with Crippen molar-refractivity contribution in [1.29, 1.82) is 0 Å². The molecule has 2 aliphatic rings. The highest BCUT2D eigenvalue weighted by Crippen LogP contribution is 2.34. The van der Waals surface area contributed by atoms with Crippen LogP contribution < -0.4 is 10.1 Å². The molecule has 6 nitrogen and oxygen atoms in total. The normalized spacial score (nSPS) is 20.4. The minimum atomic E-state index is -1.02. The van der Waals surface area contributed by atoms with E-state index in [9.17, 15) is 9.59 Å². The van der Waals surface area contributed by atoms with Gasteiger partial charge in [-0.15, -0.1) is 0 Å². The number of aromatic nitrogens is 1. The van der Waals surface area contributed by atoms with Crippen molar-refractivity contribution in [1.82, 2.24) is 14.8 Å². The van der Waals surface area contributed by atoms with E-state index in [1.54, 1.807) is 12.0 Å². The van der Waals surface area contributed by atoms with Crippen LogP contribution in [0, 0.1) is 0 Å². The predicted octanol–water partition coefficient (Wildman–Crippen LogP) is 5.03. The smallest absolute Gasteiger partial charge is 0.271 e. The topological polar surface area (TPSA) is 63.6 Å². The van der Waals surface area contributed by atoms with Crippen molar-refractivity contribution in [2.45, 2.75) is 63.7 Å². The Bertz CT molecular complexity index is 1200. The van der Waals surface area contributed by atoms with Crippen molar-refractivity contribution in [3.8, 4) is 17.0 Å². The van der Waals surface area contributed by atoms with Gasteiger partial charge in [0.2, 0.25) is 5.91 Å². The monoisotopic (exact) mass is 471 g/mol. The zero-order valence-corrected chi connectivity index (χ0v) is 20.5. The number of carbonyl (C=O) groups is 2. The molecule has 0 radical (unpaired) electrons. The lowest BCUT2D eigenvalue weighted by Gasteiger charge is -2.45. The average molecular weight is 472 g/mol. The Hall–Kier alpha value is -3.54. The Labute approximate surface area is 206 Å². The predicted molar refractivity (Wildman–Crippen MR) is 136 cm³/mol. The molecule has 2 heterocycles. The van der Waals surface area contributed by atoms with Crippen molar-refractivity contribution in [3.63, 3.8) is 0 Å². The first kappa shape index (κ1) is 23.2. The zero-order chi connectivity index (χ0) is 24.4. The summed E-state index contributed by atoms with van der Waals surface area (Å²) >= 11 is 0. The fraction of sp³-hybridized carbons (Fsp3) is 0.379. The van der Waals surface area contributed by atoms with Crippen LogP contribution in [0.1, 0.15) is 55.1 Å². The molecule has 1 saturated carbocycles. The Balaban J connectivity index is 1.52. The van der Waals surface area contributed by atoms with E-state index in [2.05, 4.69) is 5.32 Å². The van der Waals surface area contributed by atoms with Crippen molar-refractivity contribution < 1.29 is 14.3 Å². The van der Waals surface area contributed by atoms with Crippen LogP contribution in [-0.4, -0.2) is 40.0 Å². The summed E-state index contributed by atoms with van der Waals surface area (Å²) in [6, 6.07) is 21.8. The number of carbonyl (C=O) groups excluding carboxylic acids is 2. The second-order valence-electron chi connectivity index (χ2n) is 9.88. The van der Waals surface area contributed by atoms with E-state index in [0.717, 1.165) is 48.3 Å². The Morgan fingerprint density at radius 2 is 1.66 bits per heavy atom. The first-order chi connectivity index (χ1) is 17.0. The zero-order valence-electron chi connectivity index (χ0n) is 20.5. The summed E-state index contributed by atoms with van der Waals surface area (Å²) in [5.41, 5.74) is 2.53. The first-order valence-corrected chi connectivity index (χ1v) is 12.5. The molecule has 0 spiro atoms. The molecule has 1 N–H and O–H groups in total. The van der Waals surface area contributed by atoms with Gasteiger partial charge in [-0.1, -0.05) is 61.7 Å². The lowest BCUT2D eigenvalue weighted by Crippen LogP contribution is -2.64. The van der Waals surface area contributed by atoms with Crippen molar-refractivity contribution in [2.24, 2.45) is 0 Å². The number of nitrogens with one attached hydrogen (secondary N) is 1. The molecule has 1 aromatic heterocycles. The fourth-order valence-electron chi connectivity index (χ4n) is 5.38. The summed E-state index contributed by atoms with van der Waals surface area (Å²) in [5, 5.41) is 3.30. The number of rotatable bonds is 6. The maximum Gasteiger partial charge on any atom is 0.271 e. The molecule has 1 aliphatic carbocycles. The Morgan fingerprint density at radius 3 is 2.34 bits per heavy atom. The van der Waals surface area contributed by atoms with E-state index >= 15 is 0 Å². The molecule has 3 aromatic rings. The van der Waals surface area contributed by atoms with Gasteiger partial charge in [-0.3, -0.25) is 9.59 Å². The molecule has 6 heteroatoms. The minimum Gasteiger partial charge on any atom is -0.497 e. The third kappa shape index (κ3) is 4.45. The fourth-order valence-corrected chi connectivity index (χ4v) is 5.38. The molecule has 0 unspecified atom stereocenters. The highest BCUT2D eigenvalue weighted by molar-refractivity contribution is 6.00.